The van der Waals surface area contributed by atoms with Gasteiger partial charge in [0.2, 0.25) is 5.91 Å². The Morgan fingerprint density at radius 3 is 2.55 bits per heavy atom. The Hall–Kier alpha value is -2.27. The van der Waals surface area contributed by atoms with E-state index in [2.05, 4.69) is 21.2 Å². The highest BCUT2D eigenvalue weighted by molar-refractivity contribution is 9.10. The van der Waals surface area contributed by atoms with Gasteiger partial charge in [0.1, 0.15) is 13.2 Å². The van der Waals surface area contributed by atoms with E-state index in [4.69, 9.17) is 9.47 Å². The number of hydrogen-bond donors (Lipinski definition) is 1. The number of fused-ring (bicyclic) bond motifs is 1. The van der Waals surface area contributed by atoms with E-state index in [0.717, 1.165) is 21.5 Å². The van der Waals surface area contributed by atoms with Gasteiger partial charge in [-0.3, -0.25) is 4.79 Å². The largest absolute Gasteiger partial charge is 0.486 e. The minimum atomic E-state index is -0.183. The number of nitrogens with one attached hydrogen (secondary N) is 1. The third kappa shape index (κ3) is 3.68. The summed E-state index contributed by atoms with van der Waals surface area (Å²) in [4.78, 5) is 11.9. The molecule has 0 spiro atoms. The average Bonchev–Trinajstić information content (AvgIpc) is 2.55. The number of benzene rings is 2. The van der Waals surface area contributed by atoms with Crippen LogP contribution in [-0.4, -0.2) is 19.1 Å². The van der Waals surface area contributed by atoms with E-state index in [1.807, 2.05) is 42.5 Å². The van der Waals surface area contributed by atoms with Crippen LogP contribution in [0.25, 0.3) is 6.08 Å². The molecule has 0 fully saturated rings. The number of ether oxygens (including phenoxy) is 2. The Morgan fingerprint density at radius 1 is 1.05 bits per heavy atom. The molecular weight excluding hydrogens is 346 g/mol. The van der Waals surface area contributed by atoms with Crippen molar-refractivity contribution in [3.05, 3.63) is 58.6 Å². The molecule has 0 aromatic heterocycles. The minimum absolute atomic E-state index is 0.183. The molecule has 22 heavy (non-hydrogen) atoms. The zero-order chi connectivity index (χ0) is 15.4. The molecule has 1 amide bonds. The molecule has 1 N–H and O–H groups in total. The highest BCUT2D eigenvalue weighted by Gasteiger charge is 2.10. The average molecular weight is 360 g/mol. The zero-order valence-electron chi connectivity index (χ0n) is 11.7. The minimum Gasteiger partial charge on any atom is -0.486 e. The maximum Gasteiger partial charge on any atom is 0.248 e. The molecular formula is C17H14BrNO3. The van der Waals surface area contributed by atoms with E-state index >= 15 is 0 Å². The summed E-state index contributed by atoms with van der Waals surface area (Å²) in [5, 5.41) is 2.80. The van der Waals surface area contributed by atoms with E-state index in [-0.39, 0.29) is 5.91 Å². The van der Waals surface area contributed by atoms with Crippen LogP contribution in [0.3, 0.4) is 0 Å². The Morgan fingerprint density at radius 2 is 1.77 bits per heavy atom. The van der Waals surface area contributed by atoms with Gasteiger partial charge in [0.05, 0.1) is 0 Å². The van der Waals surface area contributed by atoms with Crippen LogP contribution < -0.4 is 14.8 Å². The molecule has 0 atom stereocenters. The van der Waals surface area contributed by atoms with E-state index in [0.29, 0.717) is 19.0 Å². The van der Waals surface area contributed by atoms with Crippen molar-refractivity contribution in [2.45, 2.75) is 0 Å². The molecule has 0 unspecified atom stereocenters. The van der Waals surface area contributed by atoms with Crippen molar-refractivity contribution in [3.63, 3.8) is 0 Å². The van der Waals surface area contributed by atoms with Crippen LogP contribution in [0.2, 0.25) is 0 Å². The molecule has 4 nitrogen and oxygen atoms in total. The Kier molecular flexibility index (Phi) is 4.44. The first-order chi connectivity index (χ1) is 10.7. The molecule has 0 aliphatic carbocycles. The van der Waals surface area contributed by atoms with E-state index < -0.39 is 0 Å². The first-order valence-corrected chi connectivity index (χ1v) is 7.64. The lowest BCUT2D eigenvalue weighted by atomic mass is 10.2. The Labute approximate surface area is 136 Å². The van der Waals surface area contributed by atoms with Crippen LogP contribution in [-0.2, 0) is 4.79 Å². The van der Waals surface area contributed by atoms with Crippen molar-refractivity contribution in [2.75, 3.05) is 18.5 Å². The first-order valence-electron chi connectivity index (χ1n) is 6.85. The smallest absolute Gasteiger partial charge is 0.248 e. The summed E-state index contributed by atoms with van der Waals surface area (Å²) in [6.07, 6.45) is 3.24. The second kappa shape index (κ2) is 6.66. The van der Waals surface area contributed by atoms with Gasteiger partial charge in [0.25, 0.3) is 0 Å². The predicted octanol–water partition coefficient (Wildman–Crippen LogP) is 3.87. The molecule has 0 bridgehead atoms. The standard InChI is InChI=1S/C17H14BrNO3/c18-13-3-5-14(6-4-13)19-17(20)8-2-12-1-7-15-16(11-12)22-10-9-21-15/h1-8,11H,9-10H2,(H,19,20)/b8-2+. The molecule has 1 aliphatic heterocycles. The van der Waals surface area contributed by atoms with Crippen molar-refractivity contribution in [3.8, 4) is 11.5 Å². The monoisotopic (exact) mass is 359 g/mol. The number of rotatable bonds is 3. The summed E-state index contributed by atoms with van der Waals surface area (Å²) in [6.45, 7) is 1.11. The van der Waals surface area contributed by atoms with Gasteiger partial charge < -0.3 is 14.8 Å². The predicted molar refractivity (Wildman–Crippen MR) is 89.2 cm³/mol. The van der Waals surface area contributed by atoms with Crippen LogP contribution in [0.1, 0.15) is 5.56 Å². The molecule has 2 aromatic carbocycles. The molecule has 0 saturated heterocycles. The highest BCUT2D eigenvalue weighted by Crippen LogP contribution is 2.31. The molecule has 1 aliphatic rings. The Bertz CT molecular complexity index is 710. The fraction of sp³-hybridized carbons (Fsp3) is 0.118. The zero-order valence-corrected chi connectivity index (χ0v) is 13.3. The summed E-state index contributed by atoms with van der Waals surface area (Å²) in [5.74, 6) is 1.27. The van der Waals surface area contributed by atoms with E-state index in [1.165, 1.54) is 6.08 Å². The number of hydrogen-bond acceptors (Lipinski definition) is 3. The van der Waals surface area contributed by atoms with Crippen LogP contribution in [0, 0.1) is 0 Å². The van der Waals surface area contributed by atoms with Gasteiger partial charge in [0, 0.05) is 16.2 Å². The van der Waals surface area contributed by atoms with Gasteiger partial charge in [-0.2, -0.15) is 0 Å². The SMILES string of the molecule is O=C(/C=C/c1ccc2c(c1)OCCO2)Nc1ccc(Br)cc1. The van der Waals surface area contributed by atoms with Crippen molar-refractivity contribution in [2.24, 2.45) is 0 Å². The third-order valence-electron chi connectivity index (χ3n) is 3.11. The first kappa shape index (κ1) is 14.7. The van der Waals surface area contributed by atoms with Gasteiger partial charge in [-0.1, -0.05) is 22.0 Å². The number of halogens is 1. The maximum atomic E-state index is 11.9. The van der Waals surface area contributed by atoms with Crippen molar-refractivity contribution < 1.29 is 14.3 Å². The van der Waals surface area contributed by atoms with Gasteiger partial charge in [-0.05, 0) is 48.0 Å². The molecule has 3 rings (SSSR count). The van der Waals surface area contributed by atoms with E-state index in [1.54, 1.807) is 6.08 Å². The summed E-state index contributed by atoms with van der Waals surface area (Å²) in [7, 11) is 0. The number of carbonyl (C=O) groups is 1. The second-order valence-corrected chi connectivity index (χ2v) is 5.65. The highest BCUT2D eigenvalue weighted by atomic mass is 79.9. The summed E-state index contributed by atoms with van der Waals surface area (Å²) >= 11 is 3.35. The molecule has 0 radical (unpaired) electrons. The number of anilines is 1. The quantitative estimate of drug-likeness (QED) is 0.846. The molecule has 112 valence electrons. The fourth-order valence-electron chi connectivity index (χ4n) is 2.05. The van der Waals surface area contributed by atoms with Gasteiger partial charge in [-0.25, -0.2) is 0 Å². The maximum absolute atomic E-state index is 11.9. The lowest BCUT2D eigenvalue weighted by Crippen LogP contribution is -2.15. The molecule has 0 saturated carbocycles. The van der Waals surface area contributed by atoms with Crippen molar-refractivity contribution >= 4 is 33.6 Å². The van der Waals surface area contributed by atoms with Crippen molar-refractivity contribution in [1.82, 2.24) is 0 Å². The molecule has 5 heteroatoms. The third-order valence-corrected chi connectivity index (χ3v) is 3.63. The number of amides is 1. The van der Waals surface area contributed by atoms with Crippen molar-refractivity contribution in [1.29, 1.82) is 0 Å². The van der Waals surface area contributed by atoms with Crippen LogP contribution >= 0.6 is 15.9 Å². The van der Waals surface area contributed by atoms with Gasteiger partial charge in [-0.15, -0.1) is 0 Å². The molecule has 2 aromatic rings. The normalized spacial score (nSPS) is 13.1. The summed E-state index contributed by atoms with van der Waals surface area (Å²) < 4.78 is 11.9. The van der Waals surface area contributed by atoms with Crippen LogP contribution in [0.4, 0.5) is 5.69 Å². The number of carbonyl (C=O) groups excluding carboxylic acids is 1. The summed E-state index contributed by atoms with van der Waals surface area (Å²) in [6, 6.07) is 13.0. The van der Waals surface area contributed by atoms with Gasteiger partial charge in [0.15, 0.2) is 11.5 Å². The van der Waals surface area contributed by atoms with Crippen LogP contribution in [0.5, 0.6) is 11.5 Å². The fourth-order valence-corrected chi connectivity index (χ4v) is 2.32. The van der Waals surface area contributed by atoms with E-state index in [9.17, 15) is 4.79 Å². The second-order valence-electron chi connectivity index (χ2n) is 4.73. The van der Waals surface area contributed by atoms with Gasteiger partial charge >= 0.3 is 0 Å². The summed E-state index contributed by atoms with van der Waals surface area (Å²) in [5.41, 5.74) is 1.63. The topological polar surface area (TPSA) is 47.6 Å². The lowest BCUT2D eigenvalue weighted by molar-refractivity contribution is -0.111. The molecule has 1 heterocycles. The van der Waals surface area contributed by atoms with Crippen LogP contribution in [0.15, 0.2) is 53.0 Å². The Balaban J connectivity index is 1.65. The lowest BCUT2D eigenvalue weighted by Gasteiger charge is -2.18.